The zero-order valence-corrected chi connectivity index (χ0v) is 16.2. The molecular formula is C15H20F2O3RuSi. The molecule has 0 fully saturated rings. The molecule has 0 bridgehead atoms. The predicted molar refractivity (Wildman–Crippen MR) is 74.8 cm³/mol. The molecule has 0 amide bonds. The van der Waals surface area contributed by atoms with E-state index in [9.17, 15) is 8.22 Å². The molecule has 0 aliphatic carbocycles. The van der Waals surface area contributed by atoms with Gasteiger partial charge in [-0.25, -0.2) is 0 Å². The molecule has 0 aromatic rings. The second kappa shape index (κ2) is 11.9. The van der Waals surface area contributed by atoms with Crippen LogP contribution in [0.1, 0.15) is 41.5 Å². The fourth-order valence-corrected chi connectivity index (χ4v) is 3.85. The van der Waals surface area contributed by atoms with Gasteiger partial charge in [-0.1, -0.05) is 41.5 Å². The minimum atomic E-state index is -4.21. The van der Waals surface area contributed by atoms with Gasteiger partial charge in [0.2, 0.25) is 0 Å². The van der Waals surface area contributed by atoms with Gasteiger partial charge < -0.3 is 0 Å². The maximum absolute atomic E-state index is 13.5. The summed E-state index contributed by atoms with van der Waals surface area (Å²) >= 11 is 0. The Bertz CT molecular complexity index is 404. The standard InChI is InChI=1S/C12H20F2Si.3CO.Ru/c1-11(2,3)9-7-15(13,14)8-10(9)12(4,5)6;3*1-2;/h7-8H,1-6H3;;;;. The van der Waals surface area contributed by atoms with Gasteiger partial charge in [-0.3, -0.25) is 8.22 Å². The van der Waals surface area contributed by atoms with Crippen LogP contribution in [-0.4, -0.2) is 8.74 Å². The minimum Gasteiger partial charge on any atom is 0 e. The predicted octanol–water partition coefficient (Wildman–Crippen LogP) is 4.29. The van der Waals surface area contributed by atoms with Crippen molar-refractivity contribution in [1.29, 1.82) is 0 Å². The van der Waals surface area contributed by atoms with Crippen LogP contribution in [0.5, 0.6) is 0 Å². The largest absolute Gasteiger partial charge is 0 e. The smallest absolute Gasteiger partial charge is 0 e. The Hall–Kier alpha value is -0.600. The van der Waals surface area contributed by atoms with Crippen molar-refractivity contribution in [2.45, 2.75) is 41.5 Å². The van der Waals surface area contributed by atoms with Crippen molar-refractivity contribution in [2.75, 3.05) is 0 Å². The number of rotatable bonds is 0. The summed E-state index contributed by atoms with van der Waals surface area (Å²) in [6, 6.07) is 0. The summed E-state index contributed by atoms with van der Waals surface area (Å²) in [4.78, 5) is 0. The topological polar surface area (TPSA) is 59.7 Å². The molecule has 0 atom stereocenters. The zero-order chi connectivity index (χ0) is 18.1. The molecule has 0 spiro atoms. The van der Waals surface area contributed by atoms with Gasteiger partial charge in [0.1, 0.15) is 0 Å². The maximum atomic E-state index is 13.5. The summed E-state index contributed by atoms with van der Waals surface area (Å²) in [5, 5.41) is 0. The van der Waals surface area contributed by atoms with Gasteiger partial charge in [0.15, 0.2) is 0 Å². The van der Waals surface area contributed by atoms with Gasteiger partial charge in [0.25, 0.3) is 0 Å². The van der Waals surface area contributed by atoms with Crippen molar-refractivity contribution in [1.82, 2.24) is 0 Å². The van der Waals surface area contributed by atoms with Crippen LogP contribution >= 0.6 is 0 Å². The Morgan fingerprint density at radius 2 is 0.909 bits per heavy atom. The van der Waals surface area contributed by atoms with E-state index in [1.807, 2.05) is 41.5 Å². The molecular weight excluding hydrogens is 395 g/mol. The summed E-state index contributed by atoms with van der Waals surface area (Å²) in [5.74, 6) is 0. The van der Waals surface area contributed by atoms with Gasteiger partial charge in [-0.15, -0.1) is 0 Å². The quantitative estimate of drug-likeness (QED) is 0.245. The van der Waals surface area contributed by atoms with Crippen LogP contribution in [0, 0.1) is 30.8 Å². The normalized spacial score (nSPS) is 14.8. The maximum Gasteiger partial charge on any atom is 0 e. The minimum absolute atomic E-state index is 0. The van der Waals surface area contributed by atoms with Crippen LogP contribution in [0.3, 0.4) is 0 Å². The number of hydrogen-bond acceptors (Lipinski definition) is 0. The third kappa shape index (κ3) is 10.2. The van der Waals surface area contributed by atoms with Crippen LogP contribution in [0.4, 0.5) is 8.22 Å². The van der Waals surface area contributed by atoms with E-state index in [-0.39, 0.29) is 30.3 Å². The second-order valence-corrected chi connectivity index (χ2v) is 8.22. The van der Waals surface area contributed by atoms with E-state index in [4.69, 9.17) is 14.0 Å². The SMILES string of the molecule is CC(C)(C)C1=C[Si](F)(F)C=C1C(C)(C)C.[C-]#[O+].[C-]#[O+].[C-]#[O+].[Ru]. The molecule has 0 saturated carbocycles. The zero-order valence-electron chi connectivity index (χ0n) is 13.5. The molecule has 1 rings (SSSR count). The molecule has 124 valence electrons. The van der Waals surface area contributed by atoms with Crippen molar-refractivity contribution in [3.05, 3.63) is 42.5 Å². The average Bonchev–Trinajstić information content (AvgIpc) is 2.73. The van der Waals surface area contributed by atoms with Crippen LogP contribution < -0.4 is 0 Å². The molecule has 0 unspecified atom stereocenters. The van der Waals surface area contributed by atoms with Gasteiger partial charge >= 0.3 is 42.6 Å². The molecule has 1 aliphatic heterocycles. The molecule has 3 nitrogen and oxygen atoms in total. The molecule has 0 N–H and O–H groups in total. The van der Waals surface area contributed by atoms with E-state index >= 15 is 0 Å². The van der Waals surface area contributed by atoms with E-state index in [0.29, 0.717) is 0 Å². The Kier molecular flexibility index (Phi) is 15.9. The van der Waals surface area contributed by atoms with Crippen LogP contribution in [0.25, 0.3) is 0 Å². The molecule has 0 aromatic carbocycles. The van der Waals surface area contributed by atoms with E-state index in [1.165, 1.54) is 11.4 Å². The summed E-state index contributed by atoms with van der Waals surface area (Å²) in [5.41, 5.74) is 3.79. The number of allylic oxidation sites excluding steroid dienone is 2. The Balaban J connectivity index is -0.000000206. The molecule has 22 heavy (non-hydrogen) atoms. The van der Waals surface area contributed by atoms with E-state index in [2.05, 4.69) is 20.0 Å². The van der Waals surface area contributed by atoms with E-state index < -0.39 is 8.74 Å². The van der Waals surface area contributed by atoms with E-state index in [1.54, 1.807) is 0 Å². The molecule has 0 radical (unpaired) electrons. The first kappa shape index (κ1) is 29.4. The molecule has 7 heteroatoms. The fourth-order valence-electron chi connectivity index (χ4n) is 1.82. The fraction of sp³-hybridized carbons (Fsp3) is 0.533. The van der Waals surface area contributed by atoms with Gasteiger partial charge in [0, 0.05) is 19.5 Å². The van der Waals surface area contributed by atoms with Crippen molar-refractivity contribution in [2.24, 2.45) is 10.8 Å². The Labute approximate surface area is 145 Å². The van der Waals surface area contributed by atoms with Crippen molar-refractivity contribution in [3.63, 3.8) is 0 Å². The molecule has 0 saturated heterocycles. The summed E-state index contributed by atoms with van der Waals surface area (Å²) in [6.07, 6.45) is 0. The first-order valence-electron chi connectivity index (χ1n) is 5.90. The third-order valence-corrected chi connectivity index (χ3v) is 3.93. The first-order valence-corrected chi connectivity index (χ1v) is 7.81. The van der Waals surface area contributed by atoms with Crippen molar-refractivity contribution >= 4 is 8.74 Å². The molecule has 1 heterocycles. The first-order chi connectivity index (χ1) is 9.43. The summed E-state index contributed by atoms with van der Waals surface area (Å²) in [6.45, 7) is 25.5. The average molecular weight is 415 g/mol. The van der Waals surface area contributed by atoms with Crippen LogP contribution in [0.2, 0.25) is 0 Å². The van der Waals surface area contributed by atoms with Crippen molar-refractivity contribution < 1.29 is 41.7 Å². The summed E-state index contributed by atoms with van der Waals surface area (Å²) in [7, 11) is -4.21. The summed E-state index contributed by atoms with van der Waals surface area (Å²) < 4.78 is 49.5. The van der Waals surface area contributed by atoms with E-state index in [0.717, 1.165) is 11.1 Å². The second-order valence-electron chi connectivity index (χ2n) is 6.29. The Morgan fingerprint density at radius 3 is 1.05 bits per heavy atom. The van der Waals surface area contributed by atoms with Gasteiger partial charge in [0.05, 0.1) is 0 Å². The van der Waals surface area contributed by atoms with Crippen molar-refractivity contribution in [3.8, 4) is 0 Å². The van der Waals surface area contributed by atoms with Gasteiger partial charge in [-0.05, 0) is 33.4 Å². The number of hydrogen-bond donors (Lipinski definition) is 0. The van der Waals surface area contributed by atoms with Crippen LogP contribution in [0.15, 0.2) is 22.5 Å². The van der Waals surface area contributed by atoms with Gasteiger partial charge in [-0.2, -0.15) is 0 Å². The monoisotopic (exact) mass is 416 g/mol. The molecule has 1 aliphatic rings. The van der Waals surface area contributed by atoms with Crippen LogP contribution in [-0.2, 0) is 33.4 Å². The Morgan fingerprint density at radius 1 is 0.727 bits per heavy atom. The number of halogens is 2. The molecule has 0 aromatic heterocycles. The third-order valence-electron chi connectivity index (χ3n) is 2.58.